The van der Waals surface area contributed by atoms with Crippen LogP contribution in [0.5, 0.6) is 0 Å². The van der Waals surface area contributed by atoms with E-state index in [-0.39, 0.29) is 5.91 Å². The van der Waals surface area contributed by atoms with Gasteiger partial charge in [-0.05, 0) is 18.6 Å². The average molecular weight is 218 g/mol. The van der Waals surface area contributed by atoms with E-state index in [9.17, 15) is 4.79 Å². The molecule has 3 nitrogen and oxygen atoms in total. The van der Waals surface area contributed by atoms with E-state index in [1.54, 1.807) is 19.0 Å². The Morgan fingerprint density at radius 2 is 2.14 bits per heavy atom. The lowest BCUT2D eigenvalue weighted by Gasteiger charge is -2.10. The molecule has 0 spiro atoms. The summed E-state index contributed by atoms with van der Waals surface area (Å²) in [4.78, 5) is 12.8. The molecule has 0 heterocycles. The standard InChI is InChI=1S/C10H22N2OS/c1-4-9(11)8-14-7-5-6-10(13)12(2)3/h9H,4-8,11H2,1-3H3. The molecule has 0 saturated heterocycles. The van der Waals surface area contributed by atoms with Crippen molar-refractivity contribution in [1.82, 2.24) is 4.90 Å². The fourth-order valence-corrected chi connectivity index (χ4v) is 1.96. The Morgan fingerprint density at radius 3 is 2.64 bits per heavy atom. The topological polar surface area (TPSA) is 46.3 Å². The highest BCUT2D eigenvalue weighted by Gasteiger charge is 2.03. The lowest BCUT2D eigenvalue weighted by Crippen LogP contribution is -2.22. The lowest BCUT2D eigenvalue weighted by atomic mass is 10.3. The molecular weight excluding hydrogens is 196 g/mol. The molecule has 0 aliphatic carbocycles. The Kier molecular flexibility index (Phi) is 7.99. The molecule has 0 aromatic carbocycles. The summed E-state index contributed by atoms with van der Waals surface area (Å²) in [5.74, 6) is 2.25. The lowest BCUT2D eigenvalue weighted by molar-refractivity contribution is -0.128. The number of nitrogens with two attached hydrogens (primary N) is 1. The Morgan fingerprint density at radius 1 is 1.50 bits per heavy atom. The van der Waals surface area contributed by atoms with Gasteiger partial charge in [0.1, 0.15) is 0 Å². The van der Waals surface area contributed by atoms with E-state index in [1.807, 2.05) is 11.8 Å². The summed E-state index contributed by atoms with van der Waals surface area (Å²) in [6.07, 6.45) is 2.64. The molecule has 0 aromatic rings. The van der Waals surface area contributed by atoms with Crippen molar-refractivity contribution in [1.29, 1.82) is 0 Å². The van der Waals surface area contributed by atoms with Crippen LogP contribution in [0, 0.1) is 0 Å². The molecule has 1 atom stereocenters. The van der Waals surface area contributed by atoms with Gasteiger partial charge in [-0.1, -0.05) is 6.92 Å². The third-order valence-electron chi connectivity index (χ3n) is 2.03. The Labute approximate surface area is 91.4 Å². The van der Waals surface area contributed by atoms with Gasteiger partial charge in [-0.3, -0.25) is 4.79 Å². The molecule has 1 unspecified atom stereocenters. The van der Waals surface area contributed by atoms with Crippen LogP contribution in [-0.2, 0) is 4.79 Å². The Hall–Kier alpha value is -0.220. The molecule has 0 bridgehead atoms. The summed E-state index contributed by atoms with van der Waals surface area (Å²) in [6, 6.07) is 0.310. The van der Waals surface area contributed by atoms with Crippen LogP contribution in [0.1, 0.15) is 26.2 Å². The molecule has 0 aliphatic rings. The first-order chi connectivity index (χ1) is 6.57. The van der Waals surface area contributed by atoms with Gasteiger partial charge in [-0.15, -0.1) is 0 Å². The Bertz CT molecular complexity index is 162. The van der Waals surface area contributed by atoms with Crippen LogP contribution in [0.2, 0.25) is 0 Å². The van der Waals surface area contributed by atoms with Gasteiger partial charge in [-0.25, -0.2) is 0 Å². The van der Waals surface area contributed by atoms with Crippen molar-refractivity contribution in [3.8, 4) is 0 Å². The zero-order chi connectivity index (χ0) is 11.0. The smallest absolute Gasteiger partial charge is 0.222 e. The van der Waals surface area contributed by atoms with Crippen molar-refractivity contribution in [2.75, 3.05) is 25.6 Å². The fraction of sp³-hybridized carbons (Fsp3) is 0.900. The largest absolute Gasteiger partial charge is 0.349 e. The van der Waals surface area contributed by atoms with Gasteiger partial charge in [0.05, 0.1) is 0 Å². The first-order valence-corrected chi connectivity index (χ1v) is 6.26. The van der Waals surface area contributed by atoms with Gasteiger partial charge in [0, 0.05) is 32.3 Å². The number of nitrogens with zero attached hydrogens (tertiary/aromatic N) is 1. The predicted octanol–water partition coefficient (Wildman–Crippen LogP) is 1.33. The summed E-state index contributed by atoms with van der Waals surface area (Å²) in [6.45, 7) is 2.10. The number of hydrogen-bond acceptors (Lipinski definition) is 3. The molecular formula is C10H22N2OS. The zero-order valence-corrected chi connectivity index (χ0v) is 10.3. The average Bonchev–Trinajstić information content (AvgIpc) is 2.16. The predicted molar refractivity (Wildman–Crippen MR) is 63.5 cm³/mol. The number of carbonyl (C=O) groups is 1. The van der Waals surface area contributed by atoms with Crippen molar-refractivity contribution in [2.45, 2.75) is 32.2 Å². The van der Waals surface area contributed by atoms with Crippen LogP contribution in [0.15, 0.2) is 0 Å². The Balaban J connectivity index is 3.26. The first kappa shape index (κ1) is 13.8. The molecule has 0 aliphatic heterocycles. The third kappa shape index (κ3) is 7.21. The third-order valence-corrected chi connectivity index (χ3v) is 3.28. The summed E-state index contributed by atoms with van der Waals surface area (Å²) in [7, 11) is 3.59. The molecule has 0 saturated carbocycles. The molecule has 0 radical (unpaired) electrons. The highest BCUT2D eigenvalue weighted by Crippen LogP contribution is 2.07. The summed E-state index contributed by atoms with van der Waals surface area (Å²) < 4.78 is 0. The summed E-state index contributed by atoms with van der Waals surface area (Å²) >= 11 is 1.84. The van der Waals surface area contributed by atoms with Gasteiger partial charge in [0.25, 0.3) is 0 Å². The maximum absolute atomic E-state index is 11.2. The van der Waals surface area contributed by atoms with E-state index < -0.39 is 0 Å². The van der Waals surface area contributed by atoms with E-state index in [4.69, 9.17) is 5.73 Å². The highest BCUT2D eigenvalue weighted by molar-refractivity contribution is 7.99. The maximum Gasteiger partial charge on any atom is 0.222 e. The van der Waals surface area contributed by atoms with Crippen LogP contribution in [-0.4, -0.2) is 42.4 Å². The molecule has 0 rings (SSSR count). The fourth-order valence-electron chi connectivity index (χ4n) is 0.902. The number of thioether (sulfide) groups is 1. The second kappa shape index (κ2) is 8.12. The number of amides is 1. The zero-order valence-electron chi connectivity index (χ0n) is 9.45. The summed E-state index contributed by atoms with van der Waals surface area (Å²) in [5, 5.41) is 0. The van der Waals surface area contributed by atoms with E-state index in [0.29, 0.717) is 12.5 Å². The van der Waals surface area contributed by atoms with Crippen molar-refractivity contribution >= 4 is 17.7 Å². The second-order valence-electron chi connectivity index (χ2n) is 3.63. The van der Waals surface area contributed by atoms with Crippen molar-refractivity contribution in [3.05, 3.63) is 0 Å². The molecule has 0 aromatic heterocycles. The molecule has 84 valence electrons. The molecule has 2 N–H and O–H groups in total. The minimum absolute atomic E-state index is 0.213. The minimum Gasteiger partial charge on any atom is -0.349 e. The van der Waals surface area contributed by atoms with E-state index >= 15 is 0 Å². The van der Waals surface area contributed by atoms with Gasteiger partial charge in [0.2, 0.25) is 5.91 Å². The van der Waals surface area contributed by atoms with Crippen molar-refractivity contribution < 1.29 is 4.79 Å². The van der Waals surface area contributed by atoms with Gasteiger partial charge < -0.3 is 10.6 Å². The van der Waals surface area contributed by atoms with E-state index in [0.717, 1.165) is 24.3 Å². The van der Waals surface area contributed by atoms with Gasteiger partial charge in [-0.2, -0.15) is 11.8 Å². The van der Waals surface area contributed by atoms with Gasteiger partial charge >= 0.3 is 0 Å². The quantitative estimate of drug-likeness (QED) is 0.656. The van der Waals surface area contributed by atoms with Crippen LogP contribution >= 0.6 is 11.8 Å². The number of hydrogen-bond donors (Lipinski definition) is 1. The summed E-state index contributed by atoms with van der Waals surface area (Å²) in [5.41, 5.74) is 5.77. The van der Waals surface area contributed by atoms with Crippen LogP contribution in [0.3, 0.4) is 0 Å². The second-order valence-corrected chi connectivity index (χ2v) is 4.78. The minimum atomic E-state index is 0.213. The van der Waals surface area contributed by atoms with Gasteiger partial charge in [0.15, 0.2) is 0 Å². The monoisotopic (exact) mass is 218 g/mol. The van der Waals surface area contributed by atoms with Crippen molar-refractivity contribution in [2.24, 2.45) is 5.73 Å². The van der Waals surface area contributed by atoms with Crippen LogP contribution in [0.25, 0.3) is 0 Å². The first-order valence-electron chi connectivity index (χ1n) is 5.11. The number of carbonyl (C=O) groups excluding carboxylic acids is 1. The van der Waals surface area contributed by atoms with Crippen molar-refractivity contribution in [3.63, 3.8) is 0 Å². The van der Waals surface area contributed by atoms with Crippen LogP contribution in [0.4, 0.5) is 0 Å². The normalized spacial score (nSPS) is 12.6. The SMILES string of the molecule is CCC(N)CSCCCC(=O)N(C)C. The van der Waals surface area contributed by atoms with E-state index in [2.05, 4.69) is 6.92 Å². The van der Waals surface area contributed by atoms with Crippen LogP contribution < -0.4 is 5.73 Å². The highest BCUT2D eigenvalue weighted by atomic mass is 32.2. The molecule has 4 heteroatoms. The molecule has 0 fully saturated rings. The molecule has 14 heavy (non-hydrogen) atoms. The number of rotatable bonds is 7. The molecule has 1 amide bonds. The maximum atomic E-state index is 11.2. The van der Waals surface area contributed by atoms with E-state index in [1.165, 1.54) is 0 Å².